The van der Waals surface area contributed by atoms with Gasteiger partial charge in [-0.25, -0.2) is 4.39 Å². The van der Waals surface area contributed by atoms with Gasteiger partial charge < -0.3 is 39.0 Å². The molecule has 3 N–H and O–H groups in total. The minimum atomic E-state index is -1.10. The molecule has 13 heteroatoms. The number of carbonyl (C=O) groups excluding carboxylic acids is 2. The molecule has 0 saturated carbocycles. The molecule has 0 radical (unpaired) electrons. The Hall–Kier alpha value is -4.81. The van der Waals surface area contributed by atoms with Crippen LogP contribution in [0, 0.1) is 5.82 Å². The number of nitrogens with zero attached hydrogens (tertiary/aromatic N) is 1. The number of methoxy groups -OCH3 is 2. The van der Waals surface area contributed by atoms with Gasteiger partial charge in [-0.15, -0.1) is 0 Å². The maximum absolute atomic E-state index is 15.3. The molecular weight excluding hydrogens is 555 g/mol. The number of carboxylic acids is 2. The predicted molar refractivity (Wildman–Crippen MR) is 146 cm³/mol. The Morgan fingerprint density at radius 2 is 1.45 bits per heavy atom. The van der Waals surface area contributed by atoms with Crippen LogP contribution in [0.5, 0.6) is 23.0 Å². The average molecular weight is 587 g/mol. The highest BCUT2D eigenvalue weighted by Crippen LogP contribution is 2.38. The number of aliphatic carboxylic acids is 2. The van der Waals surface area contributed by atoms with Crippen LogP contribution in [0.2, 0.25) is 0 Å². The van der Waals surface area contributed by atoms with E-state index >= 15 is 4.39 Å². The number of rotatable bonds is 15. The molecule has 2 aromatic carbocycles. The summed E-state index contributed by atoms with van der Waals surface area (Å²) in [6, 6.07) is 6.41. The molecule has 1 aliphatic heterocycles. The summed E-state index contributed by atoms with van der Waals surface area (Å²) in [4.78, 5) is 50.6. The molecule has 0 saturated heterocycles. The van der Waals surface area contributed by atoms with Crippen molar-refractivity contribution in [2.75, 3.05) is 27.4 Å². The first kappa shape index (κ1) is 30.2. The molecule has 0 bridgehead atoms. The van der Waals surface area contributed by atoms with Crippen molar-refractivity contribution in [3.05, 3.63) is 46.9 Å². The van der Waals surface area contributed by atoms with Gasteiger partial charge >= 0.3 is 11.9 Å². The van der Waals surface area contributed by atoms with E-state index in [9.17, 15) is 19.2 Å². The van der Waals surface area contributed by atoms with E-state index in [1.807, 2.05) is 0 Å². The van der Waals surface area contributed by atoms with Gasteiger partial charge in [0.05, 0.1) is 51.5 Å². The van der Waals surface area contributed by atoms with Crippen LogP contribution in [0.15, 0.2) is 24.3 Å². The zero-order valence-electron chi connectivity index (χ0n) is 23.2. The van der Waals surface area contributed by atoms with Gasteiger partial charge in [0.25, 0.3) is 0 Å². The van der Waals surface area contributed by atoms with E-state index in [1.54, 1.807) is 17.0 Å². The molecule has 42 heavy (non-hydrogen) atoms. The number of halogens is 1. The van der Waals surface area contributed by atoms with Crippen molar-refractivity contribution in [2.45, 2.75) is 45.2 Å². The van der Waals surface area contributed by atoms with E-state index in [0.717, 1.165) is 11.1 Å². The number of benzene rings is 2. The molecule has 0 spiro atoms. The van der Waals surface area contributed by atoms with Gasteiger partial charge in [-0.3, -0.25) is 19.2 Å². The van der Waals surface area contributed by atoms with Gasteiger partial charge in [0, 0.05) is 43.8 Å². The van der Waals surface area contributed by atoms with E-state index in [-0.39, 0.29) is 67.4 Å². The lowest BCUT2D eigenvalue weighted by molar-refractivity contribution is -0.141. The lowest BCUT2D eigenvalue weighted by atomic mass is 10.1. The second-order valence-corrected chi connectivity index (χ2v) is 9.65. The number of hydrogen-bond donors (Lipinski definition) is 3. The minimum Gasteiger partial charge on any atom is -0.493 e. The summed E-state index contributed by atoms with van der Waals surface area (Å²) in [5.74, 6) is -2.60. The van der Waals surface area contributed by atoms with E-state index in [4.69, 9.17) is 29.2 Å². The highest BCUT2D eigenvalue weighted by atomic mass is 19.1. The third-order valence-corrected chi connectivity index (χ3v) is 6.78. The molecule has 2 heterocycles. The van der Waals surface area contributed by atoms with Gasteiger partial charge in [0.1, 0.15) is 0 Å². The second kappa shape index (κ2) is 13.2. The van der Waals surface area contributed by atoms with Gasteiger partial charge in [-0.2, -0.15) is 0 Å². The first-order valence-corrected chi connectivity index (χ1v) is 13.2. The summed E-state index contributed by atoms with van der Waals surface area (Å²) >= 11 is 0. The van der Waals surface area contributed by atoms with Crippen molar-refractivity contribution in [3.8, 4) is 23.0 Å². The Morgan fingerprint density at radius 3 is 2.10 bits per heavy atom. The van der Waals surface area contributed by atoms with E-state index in [1.165, 1.54) is 26.4 Å². The Morgan fingerprint density at radius 1 is 0.833 bits per heavy atom. The van der Waals surface area contributed by atoms with Gasteiger partial charge in [-0.1, -0.05) is 0 Å². The van der Waals surface area contributed by atoms with E-state index in [0.29, 0.717) is 36.5 Å². The van der Waals surface area contributed by atoms with Crippen LogP contribution in [-0.4, -0.2) is 71.2 Å². The van der Waals surface area contributed by atoms with E-state index in [2.05, 4.69) is 4.98 Å². The van der Waals surface area contributed by atoms with Crippen LogP contribution in [-0.2, 0) is 27.5 Å². The molecule has 12 nitrogen and oxygen atoms in total. The number of carboxylic acid groups (broad SMARTS) is 2. The largest absolute Gasteiger partial charge is 0.493 e. The van der Waals surface area contributed by atoms with Crippen molar-refractivity contribution in [3.63, 3.8) is 0 Å². The lowest BCUT2D eigenvalue weighted by Gasteiger charge is -2.14. The number of Topliss-reactive ketones (excluding diaryl/α,β-unsaturated/α-hetero) is 1. The Labute approximate surface area is 239 Å². The number of aromatic nitrogens is 1. The number of ether oxygens (including phenoxy) is 4. The Balaban J connectivity index is 1.36. The third-order valence-electron chi connectivity index (χ3n) is 6.78. The molecule has 1 amide bonds. The summed E-state index contributed by atoms with van der Waals surface area (Å²) in [7, 11) is 2.86. The maximum atomic E-state index is 15.3. The maximum Gasteiger partial charge on any atom is 0.303 e. The standard InChI is InChI=1S/C29H31FN2O10/c1-39-22-10-16-14-32(25(34)5-7-27(37)38)15-17(16)11-23(22)41-8-3-9-42-29-24(40-2)13-19-18(28(29)30)12-20(31-19)21(33)4-6-26(35)36/h10-13,31H,3-9,14-15H2,1-2H3,(H,35,36)(H,37,38). The second-order valence-electron chi connectivity index (χ2n) is 9.65. The molecule has 1 aromatic heterocycles. The highest BCUT2D eigenvalue weighted by Gasteiger charge is 2.26. The molecule has 3 aromatic rings. The monoisotopic (exact) mass is 586 g/mol. The van der Waals surface area contributed by atoms with Crippen molar-refractivity contribution in [2.24, 2.45) is 0 Å². The van der Waals surface area contributed by atoms with Crippen molar-refractivity contribution in [1.82, 2.24) is 9.88 Å². The number of fused-ring (bicyclic) bond motifs is 2. The van der Waals surface area contributed by atoms with Crippen molar-refractivity contribution in [1.29, 1.82) is 0 Å². The average Bonchev–Trinajstić information content (AvgIpc) is 3.59. The molecule has 1 aliphatic rings. The van der Waals surface area contributed by atoms with Crippen molar-refractivity contribution >= 4 is 34.5 Å². The van der Waals surface area contributed by atoms with Gasteiger partial charge in [0.2, 0.25) is 5.91 Å². The number of aromatic amines is 1. The van der Waals surface area contributed by atoms with Crippen LogP contribution in [0.3, 0.4) is 0 Å². The summed E-state index contributed by atoms with van der Waals surface area (Å²) in [6.07, 6.45) is -0.483. The normalized spacial score (nSPS) is 12.2. The van der Waals surface area contributed by atoms with Gasteiger partial charge in [-0.05, 0) is 29.3 Å². The zero-order valence-corrected chi connectivity index (χ0v) is 23.2. The molecule has 4 rings (SSSR count). The van der Waals surface area contributed by atoms with Gasteiger partial charge in [0.15, 0.2) is 34.6 Å². The number of ketones is 1. The number of H-pyrrole nitrogens is 1. The topological polar surface area (TPSA) is 165 Å². The lowest BCUT2D eigenvalue weighted by Crippen LogP contribution is -2.25. The quantitative estimate of drug-likeness (QED) is 0.176. The SMILES string of the molecule is COc1cc2c(cc1OCCCOc1c(OC)cc3[nH]c(C(=O)CCC(=O)O)cc3c1F)CN(C(=O)CCC(=O)O)C2. The van der Waals surface area contributed by atoms with Crippen LogP contribution in [0.25, 0.3) is 10.9 Å². The predicted octanol–water partition coefficient (Wildman–Crippen LogP) is 3.93. The molecule has 0 aliphatic carbocycles. The van der Waals surface area contributed by atoms with Crippen LogP contribution in [0.1, 0.15) is 53.7 Å². The van der Waals surface area contributed by atoms with Crippen LogP contribution in [0.4, 0.5) is 4.39 Å². The third kappa shape index (κ3) is 6.90. The van der Waals surface area contributed by atoms with E-state index < -0.39 is 23.5 Å². The van der Waals surface area contributed by atoms with Crippen LogP contribution < -0.4 is 18.9 Å². The number of hydrogen-bond acceptors (Lipinski definition) is 8. The number of amides is 1. The minimum absolute atomic E-state index is 0.0711. The molecular formula is C29H31FN2O10. The fraction of sp³-hybridized carbons (Fsp3) is 0.379. The van der Waals surface area contributed by atoms with Crippen molar-refractivity contribution < 1.29 is 52.7 Å². The number of nitrogens with one attached hydrogen (secondary N) is 1. The summed E-state index contributed by atoms with van der Waals surface area (Å²) in [5.41, 5.74) is 2.16. The fourth-order valence-corrected chi connectivity index (χ4v) is 4.63. The smallest absolute Gasteiger partial charge is 0.303 e. The molecule has 224 valence electrons. The molecule has 0 fully saturated rings. The summed E-state index contributed by atoms with van der Waals surface area (Å²) < 4.78 is 37.7. The molecule has 0 atom stereocenters. The molecule has 0 unspecified atom stereocenters. The zero-order chi connectivity index (χ0) is 30.4. The first-order valence-electron chi connectivity index (χ1n) is 13.2. The summed E-state index contributed by atoms with van der Waals surface area (Å²) in [5, 5.41) is 17.8. The first-order chi connectivity index (χ1) is 20.1. The fourth-order valence-electron chi connectivity index (χ4n) is 4.63. The number of carbonyl (C=O) groups is 4. The highest BCUT2D eigenvalue weighted by molar-refractivity contribution is 6.01. The Kier molecular flexibility index (Phi) is 9.50. The summed E-state index contributed by atoms with van der Waals surface area (Å²) in [6.45, 7) is 0.974. The van der Waals surface area contributed by atoms with Crippen LogP contribution >= 0.6 is 0 Å². The Bertz CT molecular complexity index is 1520.